The van der Waals surface area contributed by atoms with Crippen molar-refractivity contribution >= 4 is 17.3 Å². The number of rotatable bonds is 4. The van der Waals surface area contributed by atoms with E-state index in [-0.39, 0.29) is 18.3 Å². The lowest BCUT2D eigenvalue weighted by molar-refractivity contribution is -0.118. The molecule has 110 valence electrons. The zero-order chi connectivity index (χ0) is 15.4. The average Bonchev–Trinajstić information content (AvgIpc) is 2.45. The zero-order valence-electron chi connectivity index (χ0n) is 11.9. The molecule has 0 aromatic heterocycles. The number of nitrogen functional groups attached to an aromatic ring is 1. The van der Waals surface area contributed by atoms with Crippen molar-refractivity contribution in [1.82, 2.24) is 0 Å². The van der Waals surface area contributed by atoms with E-state index in [2.05, 4.69) is 5.32 Å². The van der Waals surface area contributed by atoms with Crippen LogP contribution in [0.4, 0.5) is 15.8 Å². The molecule has 0 atom stereocenters. The summed E-state index contributed by atoms with van der Waals surface area (Å²) in [5.41, 5.74) is 8.32. The topological polar surface area (TPSA) is 64.3 Å². The van der Waals surface area contributed by atoms with E-state index in [0.717, 1.165) is 5.56 Å². The zero-order valence-corrected chi connectivity index (χ0v) is 11.9. The maximum atomic E-state index is 13.1. The van der Waals surface area contributed by atoms with E-state index in [0.29, 0.717) is 22.7 Å². The van der Waals surface area contributed by atoms with Crippen molar-refractivity contribution in [2.45, 2.75) is 13.8 Å². The van der Waals surface area contributed by atoms with Gasteiger partial charge in [-0.3, -0.25) is 4.79 Å². The molecule has 4 nitrogen and oxygen atoms in total. The van der Waals surface area contributed by atoms with Crippen LogP contribution in [0.5, 0.6) is 5.75 Å². The Hall–Kier alpha value is -2.56. The van der Waals surface area contributed by atoms with Crippen LogP contribution in [-0.4, -0.2) is 12.5 Å². The number of hydrogen-bond acceptors (Lipinski definition) is 3. The Morgan fingerprint density at radius 1 is 1.29 bits per heavy atom. The fourth-order valence-electron chi connectivity index (χ4n) is 1.83. The average molecular weight is 288 g/mol. The normalized spacial score (nSPS) is 10.2. The van der Waals surface area contributed by atoms with Gasteiger partial charge in [-0.1, -0.05) is 6.07 Å². The molecule has 3 N–H and O–H groups in total. The van der Waals surface area contributed by atoms with Gasteiger partial charge < -0.3 is 15.8 Å². The summed E-state index contributed by atoms with van der Waals surface area (Å²) in [6, 6.07) is 9.65. The lowest BCUT2D eigenvalue weighted by Crippen LogP contribution is -2.20. The molecule has 0 saturated heterocycles. The molecule has 0 aliphatic heterocycles. The number of carbonyl (C=O) groups excluding carboxylic acids is 1. The number of hydrogen-bond donors (Lipinski definition) is 2. The van der Waals surface area contributed by atoms with Crippen molar-refractivity contribution in [2.75, 3.05) is 17.7 Å². The second-order valence-electron chi connectivity index (χ2n) is 4.77. The summed E-state index contributed by atoms with van der Waals surface area (Å²) in [7, 11) is 0. The number of amides is 1. The number of aryl methyl sites for hydroxylation is 1. The summed E-state index contributed by atoms with van der Waals surface area (Å²) in [6.07, 6.45) is 0. The molecule has 0 radical (unpaired) electrons. The van der Waals surface area contributed by atoms with Crippen LogP contribution in [0.2, 0.25) is 0 Å². The van der Waals surface area contributed by atoms with Crippen LogP contribution in [0.3, 0.4) is 0 Å². The van der Waals surface area contributed by atoms with E-state index in [9.17, 15) is 9.18 Å². The van der Waals surface area contributed by atoms with Crippen molar-refractivity contribution < 1.29 is 13.9 Å². The van der Waals surface area contributed by atoms with Gasteiger partial charge in [-0.15, -0.1) is 0 Å². The van der Waals surface area contributed by atoms with E-state index < -0.39 is 0 Å². The van der Waals surface area contributed by atoms with E-state index in [4.69, 9.17) is 10.5 Å². The van der Waals surface area contributed by atoms with Crippen LogP contribution < -0.4 is 15.8 Å². The highest BCUT2D eigenvalue weighted by atomic mass is 19.1. The first-order valence-electron chi connectivity index (χ1n) is 6.51. The fraction of sp³-hybridized carbons (Fsp3) is 0.188. The monoisotopic (exact) mass is 288 g/mol. The number of carbonyl (C=O) groups is 1. The van der Waals surface area contributed by atoms with E-state index in [1.54, 1.807) is 31.2 Å². The van der Waals surface area contributed by atoms with Crippen molar-refractivity contribution in [3.05, 3.63) is 53.3 Å². The first kappa shape index (κ1) is 14.8. The molecule has 0 saturated carbocycles. The van der Waals surface area contributed by atoms with E-state index in [1.807, 2.05) is 6.92 Å². The van der Waals surface area contributed by atoms with Crippen LogP contribution in [-0.2, 0) is 4.79 Å². The summed E-state index contributed by atoms with van der Waals surface area (Å²) in [4.78, 5) is 11.9. The molecule has 2 rings (SSSR count). The lowest BCUT2D eigenvalue weighted by Gasteiger charge is -2.11. The number of nitrogens with two attached hydrogens (primary N) is 1. The first-order valence-corrected chi connectivity index (χ1v) is 6.51. The van der Waals surface area contributed by atoms with Crippen LogP contribution in [0, 0.1) is 19.7 Å². The summed E-state index contributed by atoms with van der Waals surface area (Å²) in [5, 5.41) is 2.73. The van der Waals surface area contributed by atoms with Crippen LogP contribution in [0.15, 0.2) is 36.4 Å². The van der Waals surface area contributed by atoms with Crippen molar-refractivity contribution in [3.8, 4) is 5.75 Å². The Morgan fingerprint density at radius 2 is 2.05 bits per heavy atom. The molecule has 5 heteroatoms. The van der Waals surface area contributed by atoms with Gasteiger partial charge in [0.25, 0.3) is 5.91 Å². The molecule has 2 aromatic rings. The fourth-order valence-corrected chi connectivity index (χ4v) is 1.83. The Balaban J connectivity index is 1.96. The standard InChI is InChI=1S/C16H17FN2O2/c1-10-8-12(6-7-13(10)17)21-9-16(20)19-15-5-3-4-14(18)11(15)2/h3-8H,9,18H2,1-2H3,(H,19,20). The van der Waals surface area contributed by atoms with Gasteiger partial charge in [0.15, 0.2) is 6.61 Å². The van der Waals surface area contributed by atoms with Gasteiger partial charge in [0.05, 0.1) is 0 Å². The van der Waals surface area contributed by atoms with Gasteiger partial charge in [0.1, 0.15) is 11.6 Å². The highest BCUT2D eigenvalue weighted by Crippen LogP contribution is 2.20. The van der Waals surface area contributed by atoms with Crippen molar-refractivity contribution in [2.24, 2.45) is 0 Å². The molecule has 0 fully saturated rings. The molecule has 21 heavy (non-hydrogen) atoms. The number of halogens is 1. The van der Waals surface area contributed by atoms with Crippen LogP contribution in [0.25, 0.3) is 0 Å². The summed E-state index contributed by atoms with van der Waals surface area (Å²) in [6.45, 7) is 3.31. The molecule has 0 spiro atoms. The number of benzene rings is 2. The molecule has 0 bridgehead atoms. The Bertz CT molecular complexity index is 671. The summed E-state index contributed by atoms with van der Waals surface area (Å²) < 4.78 is 18.5. The second-order valence-corrected chi connectivity index (χ2v) is 4.77. The molecule has 1 amide bonds. The Morgan fingerprint density at radius 3 is 2.76 bits per heavy atom. The minimum absolute atomic E-state index is 0.153. The number of nitrogens with one attached hydrogen (secondary N) is 1. The molecule has 2 aromatic carbocycles. The van der Waals surface area contributed by atoms with Crippen LogP contribution >= 0.6 is 0 Å². The molecular weight excluding hydrogens is 271 g/mol. The van der Waals surface area contributed by atoms with E-state index in [1.165, 1.54) is 12.1 Å². The van der Waals surface area contributed by atoms with Gasteiger partial charge in [0.2, 0.25) is 0 Å². The van der Waals surface area contributed by atoms with Gasteiger partial charge in [-0.25, -0.2) is 4.39 Å². The molecule has 0 aliphatic rings. The number of anilines is 2. The molecular formula is C16H17FN2O2. The van der Waals surface area contributed by atoms with Gasteiger partial charge >= 0.3 is 0 Å². The van der Waals surface area contributed by atoms with Crippen molar-refractivity contribution in [3.63, 3.8) is 0 Å². The SMILES string of the molecule is Cc1cc(OCC(=O)Nc2cccc(N)c2C)ccc1F. The highest BCUT2D eigenvalue weighted by molar-refractivity contribution is 5.93. The third-order valence-electron chi connectivity index (χ3n) is 3.15. The van der Waals surface area contributed by atoms with E-state index >= 15 is 0 Å². The third-order valence-corrected chi connectivity index (χ3v) is 3.15. The first-order chi connectivity index (χ1) is 9.97. The van der Waals surface area contributed by atoms with Gasteiger partial charge in [-0.2, -0.15) is 0 Å². The molecule has 0 heterocycles. The maximum absolute atomic E-state index is 13.1. The lowest BCUT2D eigenvalue weighted by atomic mass is 10.1. The maximum Gasteiger partial charge on any atom is 0.262 e. The largest absolute Gasteiger partial charge is 0.484 e. The Kier molecular flexibility index (Phi) is 4.42. The highest BCUT2D eigenvalue weighted by Gasteiger charge is 2.08. The minimum Gasteiger partial charge on any atom is -0.484 e. The van der Waals surface area contributed by atoms with Crippen molar-refractivity contribution in [1.29, 1.82) is 0 Å². The quantitative estimate of drug-likeness (QED) is 0.850. The third kappa shape index (κ3) is 3.72. The summed E-state index contributed by atoms with van der Waals surface area (Å²) >= 11 is 0. The molecule has 0 aliphatic carbocycles. The summed E-state index contributed by atoms with van der Waals surface area (Å²) in [5.74, 6) is -0.152. The predicted octanol–water partition coefficient (Wildman–Crippen LogP) is 3.04. The van der Waals surface area contributed by atoms with Crippen LogP contribution in [0.1, 0.15) is 11.1 Å². The smallest absolute Gasteiger partial charge is 0.262 e. The minimum atomic E-state index is -0.304. The van der Waals surface area contributed by atoms with Gasteiger partial charge in [-0.05, 0) is 55.3 Å². The molecule has 0 unspecified atom stereocenters. The Labute approximate surface area is 122 Å². The predicted molar refractivity (Wildman–Crippen MR) is 80.9 cm³/mol. The number of ether oxygens (including phenoxy) is 1. The second kappa shape index (κ2) is 6.26. The van der Waals surface area contributed by atoms with Gasteiger partial charge in [0, 0.05) is 11.4 Å².